The minimum atomic E-state index is -0.383. The molecule has 0 aliphatic heterocycles. The number of anilines is 1. The second-order valence-electron chi connectivity index (χ2n) is 4.34. The van der Waals surface area contributed by atoms with Gasteiger partial charge in [0.25, 0.3) is 0 Å². The highest BCUT2D eigenvalue weighted by Crippen LogP contribution is 2.11. The number of nitrogens with one attached hydrogen (secondary N) is 2. The zero-order valence-electron chi connectivity index (χ0n) is 11.3. The van der Waals surface area contributed by atoms with Gasteiger partial charge in [0.15, 0.2) is 0 Å². The van der Waals surface area contributed by atoms with E-state index in [9.17, 15) is 9.59 Å². The van der Waals surface area contributed by atoms with Crippen molar-refractivity contribution in [2.24, 2.45) is 0 Å². The van der Waals surface area contributed by atoms with Gasteiger partial charge in [-0.2, -0.15) is 0 Å². The van der Waals surface area contributed by atoms with Crippen molar-refractivity contribution >= 4 is 17.5 Å². The van der Waals surface area contributed by atoms with Crippen molar-refractivity contribution in [2.75, 3.05) is 25.1 Å². The number of Topliss-reactive ketones (excluding diaryl/α,β-unsaturated/α-hetero) is 1. The molecule has 0 saturated heterocycles. The van der Waals surface area contributed by atoms with E-state index in [1.165, 1.54) is 0 Å². The van der Waals surface area contributed by atoms with Crippen LogP contribution in [0, 0.1) is 0 Å². The van der Waals surface area contributed by atoms with Crippen LogP contribution in [0.1, 0.15) is 18.4 Å². The molecular formula is C14H20N2O4. The Morgan fingerprint density at radius 3 is 2.35 bits per heavy atom. The summed E-state index contributed by atoms with van der Waals surface area (Å²) in [6, 6.07) is 6.60. The van der Waals surface area contributed by atoms with E-state index >= 15 is 0 Å². The second kappa shape index (κ2) is 9.06. The van der Waals surface area contributed by atoms with Gasteiger partial charge in [-0.15, -0.1) is 0 Å². The summed E-state index contributed by atoms with van der Waals surface area (Å²) in [6.45, 7) is 0.114. The Labute approximate surface area is 117 Å². The van der Waals surface area contributed by atoms with Crippen molar-refractivity contribution in [1.82, 2.24) is 5.32 Å². The first-order chi connectivity index (χ1) is 9.65. The van der Waals surface area contributed by atoms with Gasteiger partial charge in [0.1, 0.15) is 5.78 Å². The number of aliphatic hydroxyl groups excluding tert-OH is 2. The summed E-state index contributed by atoms with van der Waals surface area (Å²) in [7, 11) is 0. The van der Waals surface area contributed by atoms with Crippen LogP contribution in [0.3, 0.4) is 0 Å². The summed E-state index contributed by atoms with van der Waals surface area (Å²) in [5, 5.41) is 22.3. The minimum absolute atomic E-state index is 0.0253. The normalized spacial score (nSPS) is 10.1. The fourth-order valence-electron chi connectivity index (χ4n) is 1.64. The lowest BCUT2D eigenvalue weighted by Gasteiger charge is -2.07. The number of hydrogen-bond acceptors (Lipinski definition) is 4. The van der Waals surface area contributed by atoms with Gasteiger partial charge >= 0.3 is 6.03 Å². The molecule has 0 saturated carbocycles. The standard InChI is InChI=1S/C14H20N2O4/c17-8-1-2-13(19)10-11-3-5-12(6-4-11)16-14(20)15-7-9-18/h3-6,17-18H,1-2,7-10H2,(H2,15,16,20). The number of hydrogen-bond donors (Lipinski definition) is 4. The predicted octanol–water partition coefficient (Wildman–Crippen LogP) is 0.684. The van der Waals surface area contributed by atoms with E-state index in [1.54, 1.807) is 24.3 Å². The van der Waals surface area contributed by atoms with Gasteiger partial charge in [-0.1, -0.05) is 12.1 Å². The SMILES string of the molecule is O=C(CCCO)Cc1ccc(NC(=O)NCCO)cc1. The molecule has 0 aromatic heterocycles. The van der Waals surface area contributed by atoms with Crippen molar-refractivity contribution in [3.8, 4) is 0 Å². The van der Waals surface area contributed by atoms with Gasteiger partial charge < -0.3 is 20.8 Å². The molecule has 0 atom stereocenters. The fraction of sp³-hybridized carbons (Fsp3) is 0.429. The van der Waals surface area contributed by atoms with Crippen molar-refractivity contribution < 1.29 is 19.8 Å². The first-order valence-corrected chi connectivity index (χ1v) is 6.53. The highest BCUT2D eigenvalue weighted by molar-refractivity contribution is 5.89. The van der Waals surface area contributed by atoms with Crippen LogP contribution in [0.2, 0.25) is 0 Å². The molecule has 0 bridgehead atoms. The smallest absolute Gasteiger partial charge is 0.319 e. The molecule has 0 unspecified atom stereocenters. The van der Waals surface area contributed by atoms with Crippen LogP contribution < -0.4 is 10.6 Å². The Morgan fingerprint density at radius 1 is 1.05 bits per heavy atom. The van der Waals surface area contributed by atoms with Crippen LogP contribution in [0.5, 0.6) is 0 Å². The molecule has 0 spiro atoms. The van der Waals surface area contributed by atoms with E-state index in [0.29, 0.717) is 24.9 Å². The van der Waals surface area contributed by atoms with E-state index in [1.807, 2.05) is 0 Å². The Balaban J connectivity index is 2.43. The van der Waals surface area contributed by atoms with Gasteiger partial charge in [0, 0.05) is 31.7 Å². The van der Waals surface area contributed by atoms with E-state index in [4.69, 9.17) is 10.2 Å². The third-order valence-corrected chi connectivity index (χ3v) is 2.62. The maximum atomic E-state index is 11.5. The molecular weight excluding hydrogens is 260 g/mol. The molecule has 6 heteroatoms. The summed E-state index contributed by atoms with van der Waals surface area (Å²) in [5.41, 5.74) is 1.49. The molecule has 2 amide bonds. The molecule has 0 fully saturated rings. The van der Waals surface area contributed by atoms with E-state index in [0.717, 1.165) is 5.56 Å². The predicted molar refractivity (Wildman–Crippen MR) is 75.6 cm³/mol. The number of carbonyl (C=O) groups excluding carboxylic acids is 2. The van der Waals surface area contributed by atoms with Crippen LogP contribution in [0.25, 0.3) is 0 Å². The van der Waals surface area contributed by atoms with E-state index in [2.05, 4.69) is 10.6 Å². The topological polar surface area (TPSA) is 98.7 Å². The van der Waals surface area contributed by atoms with Crippen LogP contribution in [0.4, 0.5) is 10.5 Å². The lowest BCUT2D eigenvalue weighted by atomic mass is 10.1. The molecule has 6 nitrogen and oxygen atoms in total. The third kappa shape index (κ3) is 6.31. The number of benzene rings is 1. The largest absolute Gasteiger partial charge is 0.396 e. The fourth-order valence-corrected chi connectivity index (χ4v) is 1.64. The quantitative estimate of drug-likeness (QED) is 0.563. The highest BCUT2D eigenvalue weighted by Gasteiger charge is 2.04. The van der Waals surface area contributed by atoms with Crippen LogP contribution in [-0.4, -0.2) is 41.8 Å². The molecule has 1 aromatic carbocycles. The highest BCUT2D eigenvalue weighted by atomic mass is 16.3. The Kier molecular flexibility index (Phi) is 7.31. The molecule has 110 valence electrons. The maximum absolute atomic E-state index is 11.5. The summed E-state index contributed by atoms with van der Waals surface area (Å²) >= 11 is 0. The number of ketones is 1. The first-order valence-electron chi connectivity index (χ1n) is 6.53. The van der Waals surface area contributed by atoms with Gasteiger partial charge in [-0.25, -0.2) is 4.79 Å². The Hall–Kier alpha value is -1.92. The third-order valence-electron chi connectivity index (χ3n) is 2.62. The van der Waals surface area contributed by atoms with E-state index in [-0.39, 0.29) is 31.6 Å². The van der Waals surface area contributed by atoms with E-state index < -0.39 is 0 Å². The van der Waals surface area contributed by atoms with Crippen molar-refractivity contribution in [1.29, 1.82) is 0 Å². The maximum Gasteiger partial charge on any atom is 0.319 e. The van der Waals surface area contributed by atoms with Gasteiger partial charge in [0.2, 0.25) is 0 Å². The average molecular weight is 280 g/mol. The number of urea groups is 1. The zero-order valence-corrected chi connectivity index (χ0v) is 11.3. The lowest BCUT2D eigenvalue weighted by Crippen LogP contribution is -2.30. The first kappa shape index (κ1) is 16.1. The zero-order chi connectivity index (χ0) is 14.8. The minimum Gasteiger partial charge on any atom is -0.396 e. The van der Waals surface area contributed by atoms with Crippen molar-refractivity contribution in [3.63, 3.8) is 0 Å². The summed E-state index contributed by atoms with van der Waals surface area (Å²) < 4.78 is 0. The van der Waals surface area contributed by atoms with Crippen LogP contribution >= 0.6 is 0 Å². The summed E-state index contributed by atoms with van der Waals surface area (Å²) in [6.07, 6.45) is 1.19. The molecule has 1 rings (SSSR count). The Morgan fingerprint density at radius 2 is 1.75 bits per heavy atom. The van der Waals surface area contributed by atoms with Gasteiger partial charge in [-0.3, -0.25) is 4.79 Å². The molecule has 20 heavy (non-hydrogen) atoms. The Bertz CT molecular complexity index is 390. The molecule has 4 N–H and O–H groups in total. The van der Waals surface area contributed by atoms with Crippen molar-refractivity contribution in [3.05, 3.63) is 29.8 Å². The number of carbonyl (C=O) groups is 2. The van der Waals surface area contributed by atoms with Crippen LogP contribution in [-0.2, 0) is 11.2 Å². The molecule has 0 aliphatic rings. The monoisotopic (exact) mass is 280 g/mol. The number of amides is 2. The van der Waals surface area contributed by atoms with Gasteiger partial charge in [-0.05, 0) is 24.1 Å². The lowest BCUT2D eigenvalue weighted by molar-refractivity contribution is -0.118. The van der Waals surface area contributed by atoms with Crippen LogP contribution in [0.15, 0.2) is 24.3 Å². The van der Waals surface area contributed by atoms with Crippen molar-refractivity contribution in [2.45, 2.75) is 19.3 Å². The molecule has 0 heterocycles. The number of aliphatic hydroxyl groups is 2. The molecule has 1 aromatic rings. The average Bonchev–Trinajstić information content (AvgIpc) is 2.45. The summed E-state index contributed by atoms with van der Waals surface area (Å²) in [5.74, 6) is 0.0837. The second-order valence-corrected chi connectivity index (χ2v) is 4.34. The number of rotatable bonds is 8. The van der Waals surface area contributed by atoms with Gasteiger partial charge in [0.05, 0.1) is 6.61 Å². The molecule has 0 radical (unpaired) electrons. The molecule has 0 aliphatic carbocycles. The summed E-state index contributed by atoms with van der Waals surface area (Å²) in [4.78, 5) is 22.9.